The van der Waals surface area contributed by atoms with Crippen molar-refractivity contribution in [2.45, 2.75) is 31.9 Å². The lowest BCUT2D eigenvalue weighted by molar-refractivity contribution is -0.137. The Hall–Kier alpha value is -4.79. The lowest BCUT2D eigenvalue weighted by Crippen LogP contribution is -2.45. The second-order valence-electron chi connectivity index (χ2n) is 9.04. The molecule has 0 heterocycles. The molecule has 0 unspecified atom stereocenters. The molecule has 206 valence electrons. The Labute approximate surface area is 229 Å². The summed E-state index contributed by atoms with van der Waals surface area (Å²) in [7, 11) is 0. The van der Waals surface area contributed by atoms with Crippen LogP contribution in [0, 0.1) is 0 Å². The molecular weight excluding hydrogens is 521 g/mol. The first-order valence-corrected chi connectivity index (χ1v) is 12.4. The molecule has 0 aliphatic carbocycles. The second kappa shape index (κ2) is 12.8. The maximum Gasteiger partial charge on any atom is 0.416 e. The molecule has 9 heteroatoms. The quantitative estimate of drug-likeness (QED) is 0.252. The zero-order valence-electron chi connectivity index (χ0n) is 21.4. The molecule has 0 aliphatic rings. The molecule has 0 saturated carbocycles. The molecule has 0 fully saturated rings. The SMILES string of the molecule is NC(=O)[C@@H](Cc1ccc(OCc2ccccc2)c(OCc2ccccc2)c1)NC(=O)c1ccc(C(F)(F)F)cc1. The number of carbonyl (C=O) groups is 2. The summed E-state index contributed by atoms with van der Waals surface area (Å²) in [5.41, 5.74) is 7.18. The highest BCUT2D eigenvalue weighted by Gasteiger charge is 2.30. The lowest BCUT2D eigenvalue weighted by atomic mass is 10.0. The lowest BCUT2D eigenvalue weighted by Gasteiger charge is -2.18. The third-order valence-corrected chi connectivity index (χ3v) is 6.05. The van der Waals surface area contributed by atoms with E-state index in [2.05, 4.69) is 5.32 Å². The predicted octanol–water partition coefficient (Wildman–Crippen LogP) is 5.69. The molecule has 0 aromatic heterocycles. The van der Waals surface area contributed by atoms with Gasteiger partial charge in [-0.25, -0.2) is 0 Å². The third kappa shape index (κ3) is 7.86. The van der Waals surface area contributed by atoms with Crippen molar-refractivity contribution in [1.29, 1.82) is 0 Å². The molecule has 1 atom stereocenters. The number of nitrogens with one attached hydrogen (secondary N) is 1. The summed E-state index contributed by atoms with van der Waals surface area (Å²) in [5, 5.41) is 2.51. The van der Waals surface area contributed by atoms with Crippen LogP contribution in [0.15, 0.2) is 103 Å². The van der Waals surface area contributed by atoms with E-state index in [4.69, 9.17) is 15.2 Å². The van der Waals surface area contributed by atoms with E-state index in [-0.39, 0.29) is 18.6 Å². The van der Waals surface area contributed by atoms with Crippen molar-refractivity contribution in [3.8, 4) is 11.5 Å². The van der Waals surface area contributed by atoms with Gasteiger partial charge in [-0.1, -0.05) is 66.7 Å². The van der Waals surface area contributed by atoms with E-state index in [1.54, 1.807) is 18.2 Å². The van der Waals surface area contributed by atoms with Gasteiger partial charge in [-0.3, -0.25) is 9.59 Å². The smallest absolute Gasteiger partial charge is 0.416 e. The van der Waals surface area contributed by atoms with Gasteiger partial charge >= 0.3 is 6.18 Å². The van der Waals surface area contributed by atoms with Gasteiger partial charge in [0.25, 0.3) is 5.91 Å². The highest BCUT2D eigenvalue weighted by Crippen LogP contribution is 2.31. The summed E-state index contributed by atoms with van der Waals surface area (Å²) in [6, 6.07) is 26.9. The molecule has 4 aromatic carbocycles. The number of carbonyl (C=O) groups excluding carboxylic acids is 2. The summed E-state index contributed by atoms with van der Waals surface area (Å²) >= 11 is 0. The molecule has 0 saturated heterocycles. The number of amides is 2. The van der Waals surface area contributed by atoms with E-state index in [9.17, 15) is 22.8 Å². The van der Waals surface area contributed by atoms with Crippen LogP contribution in [0.25, 0.3) is 0 Å². The molecule has 2 amide bonds. The predicted molar refractivity (Wildman–Crippen MR) is 144 cm³/mol. The Kier molecular flexibility index (Phi) is 9.06. The fourth-order valence-corrected chi connectivity index (χ4v) is 3.89. The zero-order valence-corrected chi connectivity index (χ0v) is 21.4. The van der Waals surface area contributed by atoms with Crippen molar-refractivity contribution >= 4 is 11.8 Å². The summed E-state index contributed by atoms with van der Waals surface area (Å²) < 4.78 is 50.6. The fourth-order valence-electron chi connectivity index (χ4n) is 3.89. The van der Waals surface area contributed by atoms with E-state index in [1.807, 2.05) is 60.7 Å². The highest BCUT2D eigenvalue weighted by atomic mass is 19.4. The highest BCUT2D eigenvalue weighted by molar-refractivity contribution is 5.97. The van der Waals surface area contributed by atoms with Crippen molar-refractivity contribution in [3.63, 3.8) is 0 Å². The minimum absolute atomic E-state index is 0.0301. The summed E-state index contributed by atoms with van der Waals surface area (Å²) in [4.78, 5) is 24.8. The number of alkyl halides is 3. The van der Waals surface area contributed by atoms with Crippen LogP contribution in [0.1, 0.15) is 32.6 Å². The second-order valence-corrected chi connectivity index (χ2v) is 9.04. The fraction of sp³-hybridized carbons (Fsp3) is 0.161. The number of rotatable bonds is 11. The van der Waals surface area contributed by atoms with Gasteiger partial charge in [0.05, 0.1) is 5.56 Å². The van der Waals surface area contributed by atoms with Gasteiger partial charge in [-0.2, -0.15) is 13.2 Å². The average Bonchev–Trinajstić information content (AvgIpc) is 2.95. The third-order valence-electron chi connectivity index (χ3n) is 6.05. The molecule has 0 spiro atoms. The number of hydrogen-bond acceptors (Lipinski definition) is 4. The van der Waals surface area contributed by atoms with Crippen molar-refractivity contribution in [1.82, 2.24) is 5.32 Å². The van der Waals surface area contributed by atoms with Gasteiger partial charge in [0.1, 0.15) is 19.3 Å². The van der Waals surface area contributed by atoms with Gasteiger partial charge in [0.15, 0.2) is 11.5 Å². The molecule has 0 aliphatic heterocycles. The van der Waals surface area contributed by atoms with Crippen LogP contribution >= 0.6 is 0 Å². The van der Waals surface area contributed by atoms with E-state index in [1.165, 1.54) is 0 Å². The Morgan fingerprint density at radius 3 is 1.80 bits per heavy atom. The van der Waals surface area contributed by atoms with Gasteiger partial charge in [0.2, 0.25) is 5.91 Å². The monoisotopic (exact) mass is 548 g/mol. The minimum atomic E-state index is -4.53. The van der Waals surface area contributed by atoms with Crippen LogP contribution in [0.3, 0.4) is 0 Å². The van der Waals surface area contributed by atoms with Crippen molar-refractivity contribution in [2.75, 3.05) is 0 Å². The number of primary amides is 1. The van der Waals surface area contributed by atoms with Crippen molar-refractivity contribution in [2.24, 2.45) is 5.73 Å². The van der Waals surface area contributed by atoms with Crippen LogP contribution in [0.2, 0.25) is 0 Å². The molecule has 6 nitrogen and oxygen atoms in total. The maximum absolute atomic E-state index is 12.8. The number of hydrogen-bond donors (Lipinski definition) is 2. The Bertz CT molecular complexity index is 1430. The number of ether oxygens (including phenoxy) is 2. The first-order chi connectivity index (χ1) is 19.2. The van der Waals surface area contributed by atoms with Gasteiger partial charge in [-0.15, -0.1) is 0 Å². The van der Waals surface area contributed by atoms with E-state index in [0.29, 0.717) is 23.7 Å². The summed E-state index contributed by atoms with van der Waals surface area (Å²) in [5.74, 6) is -0.583. The van der Waals surface area contributed by atoms with E-state index >= 15 is 0 Å². The molecular formula is C31H27F3N2O4. The summed E-state index contributed by atoms with van der Waals surface area (Å²) in [6.45, 7) is 0.588. The summed E-state index contributed by atoms with van der Waals surface area (Å²) in [6.07, 6.45) is -4.50. The van der Waals surface area contributed by atoms with Gasteiger partial charge in [0, 0.05) is 12.0 Å². The number of benzene rings is 4. The average molecular weight is 549 g/mol. The van der Waals surface area contributed by atoms with Crippen LogP contribution in [0.5, 0.6) is 11.5 Å². The molecule has 3 N–H and O–H groups in total. The van der Waals surface area contributed by atoms with Crippen LogP contribution in [-0.4, -0.2) is 17.9 Å². The molecule has 0 radical (unpaired) electrons. The van der Waals surface area contributed by atoms with Crippen LogP contribution in [0.4, 0.5) is 13.2 Å². The largest absolute Gasteiger partial charge is 0.485 e. The van der Waals surface area contributed by atoms with E-state index < -0.39 is 29.6 Å². The standard InChI is InChI=1S/C31H27F3N2O4/c32-31(33,34)25-14-12-24(13-15-25)30(38)36-26(29(35)37)17-23-11-16-27(39-19-21-7-3-1-4-8-21)28(18-23)40-20-22-9-5-2-6-10-22/h1-16,18,26H,17,19-20H2,(H2,35,37)(H,36,38)/t26-/m1/s1. The Morgan fingerprint density at radius 2 is 1.27 bits per heavy atom. The van der Waals surface area contributed by atoms with Crippen molar-refractivity contribution < 1.29 is 32.2 Å². The van der Waals surface area contributed by atoms with Crippen molar-refractivity contribution in [3.05, 3.63) is 131 Å². The normalized spacial score (nSPS) is 11.9. The van der Waals surface area contributed by atoms with Gasteiger partial charge in [-0.05, 0) is 53.1 Å². The maximum atomic E-state index is 12.8. The molecule has 4 rings (SSSR count). The number of nitrogens with two attached hydrogens (primary N) is 1. The van der Waals surface area contributed by atoms with Crippen LogP contribution in [-0.2, 0) is 30.6 Å². The number of halogens is 3. The first-order valence-electron chi connectivity index (χ1n) is 12.4. The Balaban J connectivity index is 1.50. The molecule has 0 bridgehead atoms. The topological polar surface area (TPSA) is 90.7 Å². The van der Waals surface area contributed by atoms with Crippen LogP contribution < -0.4 is 20.5 Å². The molecule has 40 heavy (non-hydrogen) atoms. The van der Waals surface area contributed by atoms with Gasteiger partial charge < -0.3 is 20.5 Å². The first kappa shape index (κ1) is 28.2. The minimum Gasteiger partial charge on any atom is -0.485 e. The molecule has 4 aromatic rings. The zero-order chi connectivity index (χ0) is 28.5. The van der Waals surface area contributed by atoms with E-state index in [0.717, 1.165) is 35.4 Å². The Morgan fingerprint density at radius 1 is 0.725 bits per heavy atom.